The van der Waals surface area contributed by atoms with Gasteiger partial charge in [-0.3, -0.25) is 14.9 Å². The highest BCUT2D eigenvalue weighted by Crippen LogP contribution is 2.31. The van der Waals surface area contributed by atoms with Crippen LogP contribution in [0.4, 0.5) is 25.8 Å². The van der Waals surface area contributed by atoms with Crippen LogP contribution in [0.2, 0.25) is 0 Å². The summed E-state index contributed by atoms with van der Waals surface area (Å²) in [5.41, 5.74) is 1.31. The Labute approximate surface area is 148 Å². The van der Waals surface area contributed by atoms with Gasteiger partial charge < -0.3 is 10.2 Å². The number of nitrogens with zero attached hydrogens (tertiary/aromatic N) is 2. The van der Waals surface area contributed by atoms with Crippen LogP contribution in [0, 0.1) is 28.7 Å². The van der Waals surface area contributed by atoms with Gasteiger partial charge in [0.25, 0.3) is 5.69 Å². The summed E-state index contributed by atoms with van der Waals surface area (Å²) in [6.45, 7) is 1.98. The molecule has 6 nitrogen and oxygen atoms in total. The minimum atomic E-state index is -0.714. The number of rotatable bonds is 4. The molecule has 0 atom stereocenters. The number of nitrogens with one attached hydrogen (secondary N) is 1. The van der Waals surface area contributed by atoms with Gasteiger partial charge in [0.1, 0.15) is 17.3 Å². The first-order valence-electron chi connectivity index (χ1n) is 8.13. The third-order valence-electron chi connectivity index (χ3n) is 4.26. The smallest absolute Gasteiger partial charge is 0.293 e. The van der Waals surface area contributed by atoms with E-state index in [0.717, 1.165) is 6.07 Å². The first-order valence-corrected chi connectivity index (χ1v) is 8.13. The Morgan fingerprint density at radius 1 is 1.31 bits per heavy atom. The molecule has 1 amide bonds. The summed E-state index contributed by atoms with van der Waals surface area (Å²) in [4.78, 5) is 24.5. The summed E-state index contributed by atoms with van der Waals surface area (Å²) in [5.74, 6) is -1.87. The lowest BCUT2D eigenvalue weighted by atomic mass is 10.0. The molecule has 1 N–H and O–H groups in total. The molecule has 2 aromatic rings. The number of fused-ring (bicyclic) bond motifs is 1. The van der Waals surface area contributed by atoms with Gasteiger partial charge in [0.15, 0.2) is 0 Å². The predicted octanol–water partition coefficient (Wildman–Crippen LogP) is 3.57. The lowest BCUT2D eigenvalue weighted by Gasteiger charge is -2.31. The molecule has 1 heterocycles. The molecule has 26 heavy (non-hydrogen) atoms. The highest BCUT2D eigenvalue weighted by atomic mass is 19.1. The van der Waals surface area contributed by atoms with Gasteiger partial charge in [-0.2, -0.15) is 0 Å². The van der Waals surface area contributed by atoms with E-state index in [-0.39, 0.29) is 23.6 Å². The van der Waals surface area contributed by atoms with E-state index in [1.807, 2.05) is 0 Å². The Bertz CT molecular complexity index is 886. The van der Waals surface area contributed by atoms with Crippen molar-refractivity contribution in [3.8, 4) is 0 Å². The van der Waals surface area contributed by atoms with E-state index in [2.05, 4.69) is 5.32 Å². The third-order valence-corrected chi connectivity index (χ3v) is 4.26. The van der Waals surface area contributed by atoms with Crippen LogP contribution in [0.3, 0.4) is 0 Å². The molecule has 0 bridgehead atoms. The van der Waals surface area contributed by atoms with E-state index in [1.165, 1.54) is 23.1 Å². The van der Waals surface area contributed by atoms with Crippen LogP contribution in [-0.4, -0.2) is 23.9 Å². The number of hydrogen-bond acceptors (Lipinski definition) is 4. The van der Waals surface area contributed by atoms with Crippen LogP contribution in [0.5, 0.6) is 0 Å². The standard InChI is InChI=1S/C18H17F2N3O3/c1-11-4-5-15(16(7-11)23(25)26)21-17(24)10-22-6-2-3-12-8-13(19)9-14(20)18(12)22/h4-5,7-9H,2-3,6,10H2,1H3,(H,21,24). The van der Waals surface area contributed by atoms with Gasteiger partial charge in [0.05, 0.1) is 17.2 Å². The molecule has 8 heteroatoms. The summed E-state index contributed by atoms with van der Waals surface area (Å²) >= 11 is 0. The van der Waals surface area contributed by atoms with Gasteiger partial charge in [0.2, 0.25) is 5.91 Å². The molecule has 0 aromatic heterocycles. The topological polar surface area (TPSA) is 75.5 Å². The number of anilines is 2. The van der Waals surface area contributed by atoms with Crippen molar-refractivity contribution in [1.29, 1.82) is 0 Å². The Morgan fingerprint density at radius 2 is 2.08 bits per heavy atom. The maximum atomic E-state index is 14.2. The third kappa shape index (κ3) is 3.63. The van der Waals surface area contributed by atoms with E-state index >= 15 is 0 Å². The predicted molar refractivity (Wildman–Crippen MR) is 93.4 cm³/mol. The van der Waals surface area contributed by atoms with Crippen molar-refractivity contribution < 1.29 is 18.5 Å². The van der Waals surface area contributed by atoms with Gasteiger partial charge in [-0.25, -0.2) is 8.78 Å². The summed E-state index contributed by atoms with van der Waals surface area (Å²) in [7, 11) is 0. The van der Waals surface area contributed by atoms with Crippen molar-refractivity contribution in [1.82, 2.24) is 0 Å². The summed E-state index contributed by atoms with van der Waals surface area (Å²) in [5, 5.41) is 13.7. The second-order valence-corrected chi connectivity index (χ2v) is 6.25. The summed E-state index contributed by atoms with van der Waals surface area (Å²) < 4.78 is 27.6. The Kier molecular flexibility index (Phi) is 4.83. The number of amides is 1. The van der Waals surface area contributed by atoms with Crippen LogP contribution in [0.1, 0.15) is 17.5 Å². The second-order valence-electron chi connectivity index (χ2n) is 6.25. The first kappa shape index (κ1) is 17.8. The van der Waals surface area contributed by atoms with E-state index < -0.39 is 22.5 Å². The van der Waals surface area contributed by atoms with Crippen LogP contribution in [0.15, 0.2) is 30.3 Å². The fraction of sp³-hybridized carbons (Fsp3) is 0.278. The van der Waals surface area contributed by atoms with Crippen LogP contribution >= 0.6 is 0 Å². The van der Waals surface area contributed by atoms with E-state index in [9.17, 15) is 23.7 Å². The SMILES string of the molecule is Cc1ccc(NC(=O)CN2CCCc3cc(F)cc(F)c32)c([N+](=O)[O-])c1. The van der Waals surface area contributed by atoms with Gasteiger partial charge in [-0.1, -0.05) is 6.07 Å². The molecular formula is C18H17F2N3O3. The monoisotopic (exact) mass is 361 g/mol. The molecule has 0 radical (unpaired) electrons. The highest BCUT2D eigenvalue weighted by Gasteiger charge is 2.24. The summed E-state index contributed by atoms with van der Waals surface area (Å²) in [6.07, 6.45) is 1.19. The highest BCUT2D eigenvalue weighted by molar-refractivity contribution is 5.96. The Balaban J connectivity index is 1.80. The van der Waals surface area contributed by atoms with Gasteiger partial charge in [-0.15, -0.1) is 0 Å². The minimum Gasteiger partial charge on any atom is -0.360 e. The number of carbonyl (C=O) groups excluding carboxylic acids is 1. The number of benzene rings is 2. The molecule has 0 saturated heterocycles. The zero-order valence-corrected chi connectivity index (χ0v) is 14.1. The molecular weight excluding hydrogens is 344 g/mol. The number of nitro groups is 1. The van der Waals surface area contributed by atoms with Gasteiger partial charge >= 0.3 is 0 Å². The molecule has 1 aliphatic rings. The quantitative estimate of drug-likeness (QED) is 0.667. The van der Waals surface area contributed by atoms with Crippen molar-refractivity contribution in [3.05, 3.63) is 63.2 Å². The molecule has 136 valence electrons. The molecule has 2 aromatic carbocycles. The van der Waals surface area contributed by atoms with Crippen LogP contribution in [-0.2, 0) is 11.2 Å². The molecule has 0 unspecified atom stereocenters. The Hall–Kier alpha value is -3.03. The minimum absolute atomic E-state index is 0.0856. The van der Waals surface area contributed by atoms with Gasteiger partial charge in [-0.05, 0) is 43.0 Å². The number of halogens is 2. The number of hydrogen-bond donors (Lipinski definition) is 1. The molecule has 0 saturated carbocycles. The zero-order valence-electron chi connectivity index (χ0n) is 14.1. The fourth-order valence-corrected chi connectivity index (χ4v) is 3.16. The molecule has 0 spiro atoms. The number of nitro benzene ring substituents is 1. The molecule has 0 fully saturated rings. The number of aryl methyl sites for hydroxylation is 2. The van der Waals surface area contributed by atoms with Crippen molar-refractivity contribution in [3.63, 3.8) is 0 Å². The normalized spacial score (nSPS) is 13.3. The average Bonchev–Trinajstić information content (AvgIpc) is 2.55. The lowest BCUT2D eigenvalue weighted by molar-refractivity contribution is -0.384. The Morgan fingerprint density at radius 3 is 2.81 bits per heavy atom. The van der Waals surface area contributed by atoms with E-state index in [0.29, 0.717) is 30.5 Å². The van der Waals surface area contributed by atoms with Crippen molar-refractivity contribution in [2.75, 3.05) is 23.3 Å². The fourth-order valence-electron chi connectivity index (χ4n) is 3.16. The van der Waals surface area contributed by atoms with E-state index in [1.54, 1.807) is 13.0 Å². The van der Waals surface area contributed by atoms with Crippen LogP contribution < -0.4 is 10.2 Å². The van der Waals surface area contributed by atoms with Crippen LogP contribution in [0.25, 0.3) is 0 Å². The van der Waals surface area contributed by atoms with Crippen molar-refractivity contribution in [2.45, 2.75) is 19.8 Å². The average molecular weight is 361 g/mol. The molecule has 1 aliphatic heterocycles. The van der Waals surface area contributed by atoms with Crippen molar-refractivity contribution >= 4 is 23.0 Å². The maximum absolute atomic E-state index is 14.2. The molecule has 3 rings (SSSR count). The molecule has 0 aliphatic carbocycles. The first-order chi connectivity index (χ1) is 12.3. The van der Waals surface area contributed by atoms with Crippen molar-refractivity contribution in [2.24, 2.45) is 0 Å². The zero-order chi connectivity index (χ0) is 18.8. The largest absolute Gasteiger partial charge is 0.360 e. The number of carbonyl (C=O) groups is 1. The van der Waals surface area contributed by atoms with Gasteiger partial charge in [0, 0.05) is 18.7 Å². The maximum Gasteiger partial charge on any atom is 0.293 e. The second kappa shape index (κ2) is 7.07. The lowest BCUT2D eigenvalue weighted by Crippen LogP contribution is -2.37. The van der Waals surface area contributed by atoms with E-state index in [4.69, 9.17) is 0 Å². The summed E-state index contributed by atoms with van der Waals surface area (Å²) in [6, 6.07) is 6.55.